The number of rotatable bonds is 8. The first-order valence-corrected chi connectivity index (χ1v) is 12.9. The van der Waals surface area contributed by atoms with Gasteiger partial charge in [0.05, 0.1) is 16.0 Å². The first-order valence-electron chi connectivity index (χ1n) is 12.2. The zero-order valence-electron chi connectivity index (χ0n) is 19.8. The van der Waals surface area contributed by atoms with E-state index in [1.165, 1.54) is 18.4 Å². The smallest absolute Gasteiger partial charge is 0.232 e. The van der Waals surface area contributed by atoms with Crippen molar-refractivity contribution in [1.82, 2.24) is 9.80 Å². The van der Waals surface area contributed by atoms with E-state index >= 15 is 0 Å². The number of hydrogen-bond donors (Lipinski definition) is 0. The van der Waals surface area contributed by atoms with Crippen molar-refractivity contribution in [3.8, 4) is 0 Å². The second-order valence-electron chi connectivity index (χ2n) is 9.59. The maximum atomic E-state index is 13.4. The second kappa shape index (κ2) is 11.6. The van der Waals surface area contributed by atoms with Gasteiger partial charge in [0.15, 0.2) is 0 Å². The lowest BCUT2D eigenvalue weighted by atomic mass is 9.90. The van der Waals surface area contributed by atoms with Crippen LogP contribution in [0.2, 0.25) is 10.0 Å². The van der Waals surface area contributed by atoms with Crippen LogP contribution in [0.25, 0.3) is 0 Å². The number of benzene rings is 2. The Labute approximate surface area is 212 Å². The average Bonchev–Trinajstić information content (AvgIpc) is 3.18. The maximum Gasteiger partial charge on any atom is 0.232 e. The van der Waals surface area contributed by atoms with Gasteiger partial charge in [-0.25, -0.2) is 0 Å². The molecule has 2 aliphatic heterocycles. The van der Waals surface area contributed by atoms with Gasteiger partial charge in [-0.3, -0.25) is 9.59 Å². The van der Waals surface area contributed by atoms with Crippen LogP contribution in [-0.4, -0.2) is 61.4 Å². The summed E-state index contributed by atoms with van der Waals surface area (Å²) in [6, 6.07) is 16.0. The summed E-state index contributed by atoms with van der Waals surface area (Å²) in [4.78, 5) is 31.3. The molecular weight excluding hydrogens is 469 g/mol. The van der Waals surface area contributed by atoms with E-state index in [2.05, 4.69) is 35.2 Å². The maximum absolute atomic E-state index is 13.4. The van der Waals surface area contributed by atoms with E-state index in [0.29, 0.717) is 23.1 Å². The van der Waals surface area contributed by atoms with Crippen molar-refractivity contribution in [1.29, 1.82) is 0 Å². The summed E-state index contributed by atoms with van der Waals surface area (Å²) >= 11 is 12.4. The number of carbonyl (C=O) groups excluding carboxylic acids is 2. The summed E-state index contributed by atoms with van der Waals surface area (Å²) in [5.74, 6) is 0.425. The third-order valence-corrected chi connectivity index (χ3v) is 7.84. The Balaban J connectivity index is 1.32. The van der Waals surface area contributed by atoms with E-state index < -0.39 is 0 Å². The number of halogens is 2. The van der Waals surface area contributed by atoms with Crippen LogP contribution in [0.3, 0.4) is 0 Å². The third-order valence-electron chi connectivity index (χ3n) is 7.10. The number of amides is 2. The summed E-state index contributed by atoms with van der Waals surface area (Å²) in [7, 11) is 1.75. The highest BCUT2D eigenvalue weighted by molar-refractivity contribution is 6.42. The SMILES string of the molecule is CN1CC(C(=O)N(CCCN2CCC(Cc3ccccc3)CC2)c2ccc(Cl)c(Cl)c2)CC1=O. The number of hydrogen-bond acceptors (Lipinski definition) is 3. The Bertz CT molecular complexity index is 993. The molecule has 0 aliphatic carbocycles. The quantitative estimate of drug-likeness (QED) is 0.502. The van der Waals surface area contributed by atoms with E-state index in [0.717, 1.165) is 44.1 Å². The minimum Gasteiger partial charge on any atom is -0.345 e. The van der Waals surface area contributed by atoms with Crippen LogP contribution in [0.1, 0.15) is 31.2 Å². The van der Waals surface area contributed by atoms with Crippen molar-refractivity contribution in [3.63, 3.8) is 0 Å². The van der Waals surface area contributed by atoms with Gasteiger partial charge in [-0.1, -0.05) is 53.5 Å². The molecule has 4 rings (SSSR count). The molecule has 2 heterocycles. The van der Waals surface area contributed by atoms with E-state index in [1.54, 1.807) is 29.0 Å². The summed E-state index contributed by atoms with van der Waals surface area (Å²) in [6.07, 6.45) is 4.71. The lowest BCUT2D eigenvalue weighted by Gasteiger charge is -2.33. The molecule has 0 radical (unpaired) electrons. The summed E-state index contributed by atoms with van der Waals surface area (Å²) in [6.45, 7) is 4.20. The molecular formula is C27H33Cl2N3O2. The van der Waals surface area contributed by atoms with Gasteiger partial charge >= 0.3 is 0 Å². The lowest BCUT2D eigenvalue weighted by molar-refractivity contribution is -0.127. The number of nitrogens with zero attached hydrogens (tertiary/aromatic N) is 3. The molecule has 5 nitrogen and oxygen atoms in total. The minimum absolute atomic E-state index is 0.0161. The zero-order chi connectivity index (χ0) is 24.1. The Hall–Kier alpha value is -2.08. The number of piperidine rings is 1. The Morgan fingerprint density at radius 1 is 1.06 bits per heavy atom. The predicted octanol–water partition coefficient (Wildman–Crippen LogP) is 5.15. The highest BCUT2D eigenvalue weighted by Gasteiger charge is 2.35. The highest BCUT2D eigenvalue weighted by atomic mass is 35.5. The molecule has 2 fully saturated rings. The molecule has 0 N–H and O–H groups in total. The number of anilines is 1. The molecule has 0 bridgehead atoms. The molecule has 182 valence electrons. The molecule has 0 saturated carbocycles. The fraction of sp³-hybridized carbons (Fsp3) is 0.481. The molecule has 0 spiro atoms. The Kier molecular flexibility index (Phi) is 8.51. The van der Waals surface area contributed by atoms with E-state index in [9.17, 15) is 9.59 Å². The molecule has 34 heavy (non-hydrogen) atoms. The molecule has 1 unspecified atom stereocenters. The van der Waals surface area contributed by atoms with Crippen LogP contribution in [0.4, 0.5) is 5.69 Å². The molecule has 2 aromatic rings. The summed E-state index contributed by atoms with van der Waals surface area (Å²) in [5, 5.41) is 0.893. The number of likely N-dealkylation sites (tertiary alicyclic amines) is 2. The second-order valence-corrected chi connectivity index (χ2v) is 10.4. The monoisotopic (exact) mass is 501 g/mol. The topological polar surface area (TPSA) is 43.9 Å². The van der Waals surface area contributed by atoms with Crippen molar-refractivity contribution in [2.24, 2.45) is 11.8 Å². The highest BCUT2D eigenvalue weighted by Crippen LogP contribution is 2.30. The van der Waals surface area contributed by atoms with Gasteiger partial charge in [-0.15, -0.1) is 0 Å². The van der Waals surface area contributed by atoms with Crippen molar-refractivity contribution in [2.45, 2.75) is 32.1 Å². The molecule has 1 atom stereocenters. The minimum atomic E-state index is -0.319. The van der Waals surface area contributed by atoms with Crippen LogP contribution in [0, 0.1) is 11.8 Å². The van der Waals surface area contributed by atoms with Crippen LogP contribution in [0.5, 0.6) is 0 Å². The Morgan fingerprint density at radius 2 is 1.79 bits per heavy atom. The first kappa shape index (κ1) is 25.0. The van der Waals surface area contributed by atoms with Crippen LogP contribution >= 0.6 is 23.2 Å². The predicted molar refractivity (Wildman–Crippen MR) is 138 cm³/mol. The fourth-order valence-corrected chi connectivity index (χ4v) is 5.38. The van der Waals surface area contributed by atoms with Crippen LogP contribution in [-0.2, 0) is 16.0 Å². The van der Waals surface area contributed by atoms with Gasteiger partial charge in [0, 0.05) is 32.2 Å². The average molecular weight is 502 g/mol. The van der Waals surface area contributed by atoms with E-state index in [4.69, 9.17) is 23.2 Å². The summed E-state index contributed by atoms with van der Waals surface area (Å²) < 4.78 is 0. The molecule has 0 aromatic heterocycles. The van der Waals surface area contributed by atoms with Crippen molar-refractivity contribution < 1.29 is 9.59 Å². The normalized spacial score (nSPS) is 19.6. The summed E-state index contributed by atoms with van der Waals surface area (Å²) in [5.41, 5.74) is 2.16. The zero-order valence-corrected chi connectivity index (χ0v) is 21.3. The van der Waals surface area contributed by atoms with Crippen molar-refractivity contribution >= 4 is 40.7 Å². The lowest BCUT2D eigenvalue weighted by Crippen LogP contribution is -2.40. The molecule has 2 amide bonds. The van der Waals surface area contributed by atoms with Crippen LogP contribution in [0.15, 0.2) is 48.5 Å². The largest absolute Gasteiger partial charge is 0.345 e. The van der Waals surface area contributed by atoms with Gasteiger partial charge in [-0.2, -0.15) is 0 Å². The van der Waals surface area contributed by atoms with Gasteiger partial charge < -0.3 is 14.7 Å². The Morgan fingerprint density at radius 3 is 2.44 bits per heavy atom. The van der Waals surface area contributed by atoms with E-state index in [-0.39, 0.29) is 24.2 Å². The number of carbonyl (C=O) groups is 2. The molecule has 2 aliphatic rings. The van der Waals surface area contributed by atoms with Crippen molar-refractivity contribution in [3.05, 3.63) is 64.1 Å². The van der Waals surface area contributed by atoms with Gasteiger partial charge in [0.2, 0.25) is 11.8 Å². The molecule has 7 heteroatoms. The van der Waals surface area contributed by atoms with E-state index in [1.807, 2.05) is 6.07 Å². The molecule has 2 aromatic carbocycles. The van der Waals surface area contributed by atoms with Crippen LogP contribution < -0.4 is 4.90 Å². The van der Waals surface area contributed by atoms with Gasteiger partial charge in [0.1, 0.15) is 0 Å². The third kappa shape index (κ3) is 6.32. The van der Waals surface area contributed by atoms with Crippen molar-refractivity contribution in [2.75, 3.05) is 44.7 Å². The standard InChI is InChI=1S/C27H33Cl2N3O2/c1-30-19-22(17-26(30)33)27(34)32(23-8-9-24(28)25(29)18-23)13-5-12-31-14-10-21(11-15-31)16-20-6-3-2-4-7-20/h2-4,6-9,18,21-22H,5,10-17,19H2,1H3. The fourth-order valence-electron chi connectivity index (χ4n) is 5.08. The van der Waals surface area contributed by atoms with Gasteiger partial charge in [-0.05, 0) is 75.0 Å². The molecule has 2 saturated heterocycles. The van der Waals surface area contributed by atoms with Gasteiger partial charge in [0.25, 0.3) is 0 Å². The first-order chi connectivity index (χ1) is 16.4.